The van der Waals surface area contributed by atoms with E-state index in [0.717, 1.165) is 61.8 Å². The topological polar surface area (TPSA) is 35.9 Å². The van der Waals surface area contributed by atoms with Crippen LogP contribution < -0.4 is 4.74 Å². The van der Waals surface area contributed by atoms with Crippen LogP contribution in [0.2, 0.25) is 0 Å². The Balaban J connectivity index is 1.49. The number of phenolic OH excluding ortho intramolecular Hbond substituents is 1. The number of fused-ring (bicyclic) bond motifs is 1. The Kier molecular flexibility index (Phi) is 6.96. The van der Waals surface area contributed by atoms with Crippen molar-refractivity contribution in [2.45, 2.75) is 31.7 Å². The summed E-state index contributed by atoms with van der Waals surface area (Å²) in [7, 11) is 0. The zero-order chi connectivity index (χ0) is 22.7. The zero-order valence-electron chi connectivity index (χ0n) is 18.4. The molecule has 2 aromatic rings. The minimum atomic E-state index is -2.80. The van der Waals surface area contributed by atoms with E-state index in [9.17, 15) is 18.3 Å². The van der Waals surface area contributed by atoms with Crippen molar-refractivity contribution in [1.29, 1.82) is 0 Å². The van der Waals surface area contributed by atoms with E-state index >= 15 is 0 Å². The van der Waals surface area contributed by atoms with E-state index in [1.54, 1.807) is 12.1 Å². The summed E-state index contributed by atoms with van der Waals surface area (Å²) < 4.78 is 46.4. The van der Waals surface area contributed by atoms with Crippen LogP contribution in [0, 0.1) is 5.92 Å². The molecule has 2 aliphatic heterocycles. The Bertz CT molecular complexity index is 895. The van der Waals surface area contributed by atoms with Crippen molar-refractivity contribution >= 4 is 0 Å². The third kappa shape index (κ3) is 5.56. The van der Waals surface area contributed by atoms with Crippen molar-refractivity contribution in [3.8, 4) is 11.5 Å². The number of phenols is 1. The number of nitrogens with zero attached hydrogens (tertiary/aromatic N) is 2. The maximum Gasteiger partial charge on any atom is 0.257 e. The third-order valence-corrected chi connectivity index (χ3v) is 6.28. The first-order valence-electron chi connectivity index (χ1n) is 11.3. The minimum absolute atomic E-state index is 0.164. The highest BCUT2D eigenvalue weighted by molar-refractivity contribution is 5.43. The van der Waals surface area contributed by atoms with E-state index in [-0.39, 0.29) is 30.9 Å². The average molecular weight is 449 g/mol. The summed E-state index contributed by atoms with van der Waals surface area (Å²) in [4.78, 5) is 4.00. The van der Waals surface area contributed by atoms with Gasteiger partial charge in [0.25, 0.3) is 5.92 Å². The van der Waals surface area contributed by atoms with Gasteiger partial charge in [0.15, 0.2) is 0 Å². The fraction of sp³-hybridized carbons (Fsp3) is 0.520. The van der Waals surface area contributed by atoms with E-state index in [0.29, 0.717) is 13.2 Å². The molecule has 0 bridgehead atoms. The summed E-state index contributed by atoms with van der Waals surface area (Å²) in [5, 5.41) is 9.93. The lowest BCUT2D eigenvalue weighted by Gasteiger charge is -2.37. The van der Waals surface area contributed by atoms with Crippen molar-refractivity contribution in [2.75, 3.05) is 46.0 Å². The molecule has 4 nitrogen and oxygen atoms in total. The zero-order valence-corrected chi connectivity index (χ0v) is 18.4. The van der Waals surface area contributed by atoms with Crippen LogP contribution >= 0.6 is 0 Å². The van der Waals surface area contributed by atoms with Crippen LogP contribution in [0.1, 0.15) is 36.1 Å². The van der Waals surface area contributed by atoms with Gasteiger partial charge in [0.05, 0.1) is 19.3 Å². The molecular weight excluding hydrogens is 417 g/mol. The maximum absolute atomic E-state index is 14.0. The number of alkyl halides is 3. The normalized spacial score (nSPS) is 20.4. The molecule has 1 atom stereocenters. The number of hydrogen-bond acceptors (Lipinski definition) is 4. The lowest BCUT2D eigenvalue weighted by atomic mass is 9.92. The molecule has 1 fully saturated rings. The molecule has 0 aromatic heterocycles. The molecule has 4 rings (SSSR count). The van der Waals surface area contributed by atoms with Gasteiger partial charge in [0, 0.05) is 32.5 Å². The fourth-order valence-corrected chi connectivity index (χ4v) is 4.79. The molecular formula is C25H31F3N2O2. The molecule has 1 saturated heterocycles. The van der Waals surface area contributed by atoms with Gasteiger partial charge >= 0.3 is 0 Å². The van der Waals surface area contributed by atoms with Gasteiger partial charge in [0.2, 0.25) is 0 Å². The van der Waals surface area contributed by atoms with Gasteiger partial charge in [-0.3, -0.25) is 14.2 Å². The predicted octanol–water partition coefficient (Wildman–Crippen LogP) is 4.67. The number of halogens is 3. The molecule has 174 valence electrons. The third-order valence-electron chi connectivity index (χ3n) is 6.28. The lowest BCUT2D eigenvalue weighted by molar-refractivity contribution is -0.0217. The maximum atomic E-state index is 14.0. The van der Waals surface area contributed by atoms with Crippen molar-refractivity contribution in [2.24, 2.45) is 5.92 Å². The van der Waals surface area contributed by atoms with E-state index in [4.69, 9.17) is 4.74 Å². The molecule has 2 aromatic carbocycles. The molecule has 0 saturated carbocycles. The van der Waals surface area contributed by atoms with Crippen LogP contribution in [0.15, 0.2) is 42.5 Å². The SMILES string of the molecule is CC(F)(F)CN1CCCc2cc(O)ccc2C1c1ccc(OCCN2CC(CF)C2)cc1. The molecule has 0 aliphatic carbocycles. The Labute approximate surface area is 187 Å². The number of aromatic hydroxyl groups is 1. The first-order chi connectivity index (χ1) is 15.3. The van der Waals surface area contributed by atoms with E-state index < -0.39 is 5.92 Å². The van der Waals surface area contributed by atoms with Crippen LogP contribution in [-0.4, -0.2) is 66.8 Å². The molecule has 1 unspecified atom stereocenters. The molecule has 2 heterocycles. The Hall–Kier alpha value is -2.25. The van der Waals surface area contributed by atoms with Crippen molar-refractivity contribution in [1.82, 2.24) is 9.80 Å². The first kappa shape index (κ1) is 22.9. The number of hydrogen-bond donors (Lipinski definition) is 1. The van der Waals surface area contributed by atoms with Crippen molar-refractivity contribution in [3.05, 3.63) is 59.2 Å². The second kappa shape index (κ2) is 9.71. The second-order valence-electron chi connectivity index (χ2n) is 9.13. The Morgan fingerprint density at radius 2 is 1.88 bits per heavy atom. The monoisotopic (exact) mass is 448 g/mol. The molecule has 0 amide bonds. The number of rotatable bonds is 8. The second-order valence-corrected chi connectivity index (χ2v) is 9.13. The summed E-state index contributed by atoms with van der Waals surface area (Å²) in [5.74, 6) is -1.72. The summed E-state index contributed by atoms with van der Waals surface area (Å²) >= 11 is 0. The highest BCUT2D eigenvalue weighted by Gasteiger charge is 2.33. The highest BCUT2D eigenvalue weighted by atomic mass is 19.3. The van der Waals surface area contributed by atoms with Gasteiger partial charge in [-0.05, 0) is 60.3 Å². The quantitative estimate of drug-likeness (QED) is 0.637. The summed E-state index contributed by atoms with van der Waals surface area (Å²) in [6.07, 6.45) is 1.50. The summed E-state index contributed by atoms with van der Waals surface area (Å²) in [6, 6.07) is 12.5. The highest BCUT2D eigenvalue weighted by Crippen LogP contribution is 2.37. The largest absolute Gasteiger partial charge is 0.508 e. The Morgan fingerprint density at radius 3 is 2.56 bits per heavy atom. The molecule has 1 N–H and O–H groups in total. The predicted molar refractivity (Wildman–Crippen MR) is 118 cm³/mol. The molecule has 2 aliphatic rings. The van der Waals surface area contributed by atoms with Crippen molar-refractivity contribution in [3.63, 3.8) is 0 Å². The molecule has 32 heavy (non-hydrogen) atoms. The first-order valence-corrected chi connectivity index (χ1v) is 11.3. The van der Waals surface area contributed by atoms with Crippen LogP contribution in [-0.2, 0) is 6.42 Å². The van der Waals surface area contributed by atoms with Gasteiger partial charge in [-0.25, -0.2) is 8.78 Å². The number of benzene rings is 2. The smallest absolute Gasteiger partial charge is 0.257 e. The van der Waals surface area contributed by atoms with Crippen LogP contribution in [0.4, 0.5) is 13.2 Å². The average Bonchev–Trinajstić information content (AvgIpc) is 2.87. The van der Waals surface area contributed by atoms with Gasteiger partial charge in [-0.2, -0.15) is 0 Å². The van der Waals surface area contributed by atoms with Crippen LogP contribution in [0.25, 0.3) is 0 Å². The minimum Gasteiger partial charge on any atom is -0.508 e. The lowest BCUT2D eigenvalue weighted by Crippen LogP contribution is -2.49. The van der Waals surface area contributed by atoms with Gasteiger partial charge in [-0.1, -0.05) is 18.2 Å². The van der Waals surface area contributed by atoms with E-state index in [1.165, 1.54) is 0 Å². The van der Waals surface area contributed by atoms with E-state index in [1.807, 2.05) is 35.2 Å². The molecule has 7 heteroatoms. The van der Waals surface area contributed by atoms with Gasteiger partial charge < -0.3 is 9.84 Å². The molecule has 0 radical (unpaired) electrons. The van der Waals surface area contributed by atoms with Crippen molar-refractivity contribution < 1.29 is 23.0 Å². The van der Waals surface area contributed by atoms with E-state index in [2.05, 4.69) is 4.90 Å². The van der Waals surface area contributed by atoms with Gasteiger partial charge in [-0.15, -0.1) is 0 Å². The fourth-order valence-electron chi connectivity index (χ4n) is 4.79. The number of ether oxygens (including phenoxy) is 1. The standard InChI is InChI=1S/C25H31F3N2O2/c1-25(27,28)17-30-10-2-3-20-13-21(31)6-9-23(20)24(30)19-4-7-22(8-5-19)32-12-11-29-15-18(14-26)16-29/h4-9,13,18,24,31H,2-3,10-12,14-17H2,1H3. The van der Waals surface area contributed by atoms with Gasteiger partial charge in [0.1, 0.15) is 18.1 Å². The summed E-state index contributed by atoms with van der Waals surface area (Å²) in [6.45, 7) is 3.78. The van der Waals surface area contributed by atoms with Crippen LogP contribution in [0.3, 0.4) is 0 Å². The van der Waals surface area contributed by atoms with Crippen LogP contribution in [0.5, 0.6) is 11.5 Å². The summed E-state index contributed by atoms with van der Waals surface area (Å²) in [5.41, 5.74) is 2.88. The molecule has 0 spiro atoms. The number of likely N-dealkylation sites (tertiary alicyclic amines) is 1. The Morgan fingerprint density at radius 1 is 1.12 bits per heavy atom. The number of aryl methyl sites for hydroxylation is 1.